The van der Waals surface area contributed by atoms with Crippen LogP contribution in [-0.4, -0.2) is 41.6 Å². The van der Waals surface area contributed by atoms with Crippen molar-refractivity contribution in [1.29, 1.82) is 0 Å². The highest BCUT2D eigenvalue weighted by Crippen LogP contribution is 2.17. The molecular weight excluding hydrogens is 364 g/mol. The molecule has 0 bridgehead atoms. The van der Waals surface area contributed by atoms with E-state index in [2.05, 4.69) is 33.4 Å². The van der Waals surface area contributed by atoms with Crippen molar-refractivity contribution in [2.24, 2.45) is 0 Å². The Morgan fingerprint density at radius 1 is 1.36 bits per heavy atom. The number of benzene rings is 1. The molecule has 0 unspecified atom stereocenters. The van der Waals surface area contributed by atoms with Gasteiger partial charge in [-0.15, -0.1) is 11.8 Å². The summed E-state index contributed by atoms with van der Waals surface area (Å²) >= 11 is 5.07. The topological polar surface area (TPSA) is 49.4 Å². The van der Waals surface area contributed by atoms with E-state index in [-0.39, 0.29) is 17.9 Å². The van der Waals surface area contributed by atoms with Crippen molar-refractivity contribution in [3.63, 3.8) is 0 Å². The van der Waals surface area contributed by atoms with E-state index >= 15 is 0 Å². The number of hydrogen-bond acceptors (Lipinski definition) is 3. The first kappa shape index (κ1) is 17.3. The molecule has 1 aliphatic heterocycles. The largest absolute Gasteiger partial charge is 0.353 e. The summed E-state index contributed by atoms with van der Waals surface area (Å²) in [6.07, 6.45) is 1.70. The minimum absolute atomic E-state index is 0.0845. The SMILES string of the molecule is CC(=O)N1CCC(NC(=O)CSCc2cccc(Br)c2)CC1. The molecule has 2 amide bonds. The molecule has 0 radical (unpaired) electrons. The number of likely N-dealkylation sites (tertiary alicyclic amines) is 1. The lowest BCUT2D eigenvalue weighted by atomic mass is 10.1. The lowest BCUT2D eigenvalue weighted by Gasteiger charge is -2.31. The van der Waals surface area contributed by atoms with E-state index in [4.69, 9.17) is 0 Å². The average Bonchev–Trinajstić information content (AvgIpc) is 2.48. The van der Waals surface area contributed by atoms with Gasteiger partial charge in [-0.1, -0.05) is 28.1 Å². The van der Waals surface area contributed by atoms with Crippen LogP contribution in [0, 0.1) is 0 Å². The quantitative estimate of drug-likeness (QED) is 0.848. The third kappa shape index (κ3) is 5.65. The van der Waals surface area contributed by atoms with Crippen molar-refractivity contribution < 1.29 is 9.59 Å². The Bertz CT molecular complexity index is 531. The summed E-state index contributed by atoms with van der Waals surface area (Å²) in [6, 6.07) is 8.33. The monoisotopic (exact) mass is 384 g/mol. The van der Waals surface area contributed by atoms with Gasteiger partial charge in [-0.05, 0) is 30.5 Å². The Hall–Kier alpha value is -1.01. The lowest BCUT2D eigenvalue weighted by molar-refractivity contribution is -0.130. The molecule has 1 saturated heterocycles. The van der Waals surface area contributed by atoms with Crippen molar-refractivity contribution >= 4 is 39.5 Å². The number of carbonyl (C=O) groups is 2. The van der Waals surface area contributed by atoms with Gasteiger partial charge in [0, 0.05) is 36.3 Å². The average molecular weight is 385 g/mol. The van der Waals surface area contributed by atoms with Gasteiger partial charge in [-0.3, -0.25) is 9.59 Å². The number of nitrogens with zero attached hydrogens (tertiary/aromatic N) is 1. The molecule has 1 aromatic carbocycles. The maximum absolute atomic E-state index is 12.0. The van der Waals surface area contributed by atoms with E-state index < -0.39 is 0 Å². The highest BCUT2D eigenvalue weighted by molar-refractivity contribution is 9.10. The molecular formula is C16H21BrN2O2S. The van der Waals surface area contributed by atoms with Crippen LogP contribution in [-0.2, 0) is 15.3 Å². The Balaban J connectivity index is 1.65. The third-order valence-electron chi connectivity index (χ3n) is 3.70. The third-order valence-corrected chi connectivity index (χ3v) is 5.19. The Kier molecular flexibility index (Phi) is 6.76. The zero-order chi connectivity index (χ0) is 15.9. The number of thioether (sulfide) groups is 1. The van der Waals surface area contributed by atoms with E-state index in [0.29, 0.717) is 5.75 Å². The van der Waals surface area contributed by atoms with Gasteiger partial charge in [-0.25, -0.2) is 0 Å². The summed E-state index contributed by atoms with van der Waals surface area (Å²) in [5, 5.41) is 3.07. The smallest absolute Gasteiger partial charge is 0.230 e. The molecule has 1 aromatic rings. The fourth-order valence-electron chi connectivity index (χ4n) is 2.50. The maximum Gasteiger partial charge on any atom is 0.230 e. The minimum Gasteiger partial charge on any atom is -0.353 e. The van der Waals surface area contributed by atoms with Crippen molar-refractivity contribution in [1.82, 2.24) is 10.2 Å². The van der Waals surface area contributed by atoms with Crippen LogP contribution in [0.3, 0.4) is 0 Å². The first-order chi connectivity index (χ1) is 10.5. The summed E-state index contributed by atoms with van der Waals surface area (Å²) in [5.41, 5.74) is 1.21. The molecule has 0 atom stereocenters. The van der Waals surface area contributed by atoms with Gasteiger partial charge in [0.15, 0.2) is 0 Å². The minimum atomic E-state index is 0.0845. The molecule has 1 heterocycles. The summed E-state index contributed by atoms with van der Waals surface area (Å²) in [7, 11) is 0. The van der Waals surface area contributed by atoms with Crippen LogP contribution < -0.4 is 5.32 Å². The number of carbonyl (C=O) groups excluding carboxylic acids is 2. The van der Waals surface area contributed by atoms with Gasteiger partial charge in [0.05, 0.1) is 5.75 Å². The van der Waals surface area contributed by atoms with Crippen LogP contribution >= 0.6 is 27.7 Å². The van der Waals surface area contributed by atoms with E-state index in [1.54, 1.807) is 18.7 Å². The summed E-state index contributed by atoms with van der Waals surface area (Å²) < 4.78 is 1.06. The van der Waals surface area contributed by atoms with Crippen LogP contribution in [0.25, 0.3) is 0 Å². The summed E-state index contributed by atoms with van der Waals surface area (Å²) in [4.78, 5) is 25.1. The van der Waals surface area contributed by atoms with Crippen LogP contribution in [0.2, 0.25) is 0 Å². The predicted octanol–water partition coefficient (Wildman–Crippen LogP) is 2.81. The van der Waals surface area contributed by atoms with Crippen molar-refractivity contribution in [3.8, 4) is 0 Å². The number of rotatable bonds is 5. The van der Waals surface area contributed by atoms with Gasteiger partial charge < -0.3 is 10.2 Å². The van der Waals surface area contributed by atoms with Crippen molar-refractivity contribution in [3.05, 3.63) is 34.3 Å². The van der Waals surface area contributed by atoms with Gasteiger partial charge in [-0.2, -0.15) is 0 Å². The molecule has 0 saturated carbocycles. The second kappa shape index (κ2) is 8.58. The molecule has 2 rings (SSSR count). The molecule has 120 valence electrons. The molecule has 22 heavy (non-hydrogen) atoms. The van der Waals surface area contributed by atoms with Gasteiger partial charge in [0.1, 0.15) is 0 Å². The van der Waals surface area contributed by atoms with E-state index in [1.165, 1.54) is 5.56 Å². The number of amides is 2. The van der Waals surface area contributed by atoms with Crippen LogP contribution in [0.15, 0.2) is 28.7 Å². The standard InChI is InChI=1S/C16H21BrN2O2S/c1-12(20)19-7-5-15(6-8-19)18-16(21)11-22-10-13-3-2-4-14(17)9-13/h2-4,9,15H,5-8,10-11H2,1H3,(H,18,21). The summed E-state index contributed by atoms with van der Waals surface area (Å²) in [5.74, 6) is 1.50. The Morgan fingerprint density at radius 3 is 2.73 bits per heavy atom. The first-order valence-electron chi connectivity index (χ1n) is 7.41. The molecule has 1 aliphatic rings. The van der Waals surface area contributed by atoms with Gasteiger partial charge in [0.25, 0.3) is 0 Å². The van der Waals surface area contributed by atoms with E-state index in [1.807, 2.05) is 17.0 Å². The Labute approximate surface area is 144 Å². The van der Waals surface area contributed by atoms with Crippen LogP contribution in [0.1, 0.15) is 25.3 Å². The van der Waals surface area contributed by atoms with E-state index in [9.17, 15) is 9.59 Å². The van der Waals surface area contributed by atoms with E-state index in [0.717, 1.165) is 36.2 Å². The number of hydrogen-bond donors (Lipinski definition) is 1. The molecule has 0 aliphatic carbocycles. The number of halogens is 1. The van der Waals surface area contributed by atoms with Gasteiger partial charge in [0.2, 0.25) is 11.8 Å². The molecule has 0 aromatic heterocycles. The highest BCUT2D eigenvalue weighted by atomic mass is 79.9. The predicted molar refractivity (Wildman–Crippen MR) is 93.7 cm³/mol. The highest BCUT2D eigenvalue weighted by Gasteiger charge is 2.21. The molecule has 0 spiro atoms. The maximum atomic E-state index is 12.0. The molecule has 1 fully saturated rings. The fourth-order valence-corrected chi connectivity index (χ4v) is 3.73. The van der Waals surface area contributed by atoms with Gasteiger partial charge >= 0.3 is 0 Å². The van der Waals surface area contributed by atoms with Crippen LogP contribution in [0.4, 0.5) is 0 Å². The first-order valence-corrected chi connectivity index (χ1v) is 9.36. The second-order valence-electron chi connectivity index (χ2n) is 5.47. The molecule has 6 heteroatoms. The molecule has 4 nitrogen and oxygen atoms in total. The number of nitrogens with one attached hydrogen (secondary N) is 1. The summed E-state index contributed by atoms with van der Waals surface area (Å²) in [6.45, 7) is 3.08. The zero-order valence-corrected chi connectivity index (χ0v) is 15.1. The van der Waals surface area contributed by atoms with Crippen LogP contribution in [0.5, 0.6) is 0 Å². The zero-order valence-electron chi connectivity index (χ0n) is 12.7. The fraction of sp³-hybridized carbons (Fsp3) is 0.500. The Morgan fingerprint density at radius 2 is 2.09 bits per heavy atom. The number of piperidine rings is 1. The lowest BCUT2D eigenvalue weighted by Crippen LogP contribution is -2.46. The normalized spacial score (nSPS) is 15.6. The molecule has 1 N–H and O–H groups in total. The van der Waals surface area contributed by atoms with Crippen molar-refractivity contribution in [2.75, 3.05) is 18.8 Å². The second-order valence-corrected chi connectivity index (χ2v) is 7.37. The van der Waals surface area contributed by atoms with Crippen molar-refractivity contribution in [2.45, 2.75) is 31.6 Å².